The van der Waals surface area contributed by atoms with Crippen LogP contribution < -0.4 is 5.73 Å². The molecule has 2 heterocycles. The summed E-state index contributed by atoms with van der Waals surface area (Å²) in [6.45, 7) is 6.45. The van der Waals surface area contributed by atoms with Gasteiger partial charge in [-0.15, -0.1) is 0 Å². The molecule has 100 valence electrons. The molecule has 2 saturated heterocycles. The Balaban J connectivity index is 1.99. The summed E-state index contributed by atoms with van der Waals surface area (Å²) in [7, 11) is 1.81. The Morgan fingerprint density at radius 2 is 2.35 bits per heavy atom. The fourth-order valence-electron chi connectivity index (χ4n) is 3.31. The number of piperidine rings is 1. The highest BCUT2D eigenvalue weighted by Gasteiger charge is 2.43. The highest BCUT2D eigenvalue weighted by atomic mass is 32.2. The molecule has 0 spiro atoms. The SMILES string of the molecule is COCC1CCCN(C2(CN)CSC(C)C2)C1. The van der Waals surface area contributed by atoms with Crippen molar-refractivity contribution in [3.63, 3.8) is 0 Å². The molecule has 2 N–H and O–H groups in total. The molecule has 2 fully saturated rings. The van der Waals surface area contributed by atoms with E-state index in [9.17, 15) is 0 Å². The first-order valence-electron chi connectivity index (χ1n) is 6.76. The predicted molar refractivity (Wildman–Crippen MR) is 74.5 cm³/mol. The summed E-state index contributed by atoms with van der Waals surface area (Å²) in [5, 5.41) is 0.765. The fraction of sp³-hybridized carbons (Fsp3) is 1.00. The van der Waals surface area contributed by atoms with Crippen molar-refractivity contribution in [2.45, 2.75) is 37.0 Å². The molecular formula is C13H26N2OS. The van der Waals surface area contributed by atoms with Gasteiger partial charge >= 0.3 is 0 Å². The van der Waals surface area contributed by atoms with E-state index in [2.05, 4.69) is 23.6 Å². The minimum absolute atomic E-state index is 0.274. The maximum Gasteiger partial charge on any atom is 0.0502 e. The topological polar surface area (TPSA) is 38.5 Å². The number of methoxy groups -OCH3 is 1. The summed E-state index contributed by atoms with van der Waals surface area (Å²) in [5.41, 5.74) is 6.37. The van der Waals surface area contributed by atoms with Crippen molar-refractivity contribution in [1.82, 2.24) is 4.90 Å². The zero-order valence-corrected chi connectivity index (χ0v) is 12.0. The van der Waals surface area contributed by atoms with Gasteiger partial charge in [-0.3, -0.25) is 4.90 Å². The van der Waals surface area contributed by atoms with Gasteiger partial charge in [0.2, 0.25) is 0 Å². The Hall–Kier alpha value is 0.230. The van der Waals surface area contributed by atoms with Gasteiger partial charge in [-0.25, -0.2) is 0 Å². The third kappa shape index (κ3) is 2.98. The van der Waals surface area contributed by atoms with Gasteiger partial charge in [0.15, 0.2) is 0 Å². The van der Waals surface area contributed by atoms with Crippen LogP contribution in [0.4, 0.5) is 0 Å². The van der Waals surface area contributed by atoms with E-state index in [1.54, 1.807) is 0 Å². The Morgan fingerprint density at radius 3 is 2.94 bits per heavy atom. The second kappa shape index (κ2) is 5.91. The Morgan fingerprint density at radius 1 is 1.53 bits per heavy atom. The van der Waals surface area contributed by atoms with E-state index >= 15 is 0 Å². The summed E-state index contributed by atoms with van der Waals surface area (Å²) in [5.74, 6) is 1.92. The van der Waals surface area contributed by atoms with Crippen molar-refractivity contribution in [3.8, 4) is 0 Å². The van der Waals surface area contributed by atoms with E-state index < -0.39 is 0 Å². The molecule has 0 bridgehead atoms. The monoisotopic (exact) mass is 258 g/mol. The van der Waals surface area contributed by atoms with Crippen molar-refractivity contribution in [3.05, 3.63) is 0 Å². The number of thioether (sulfide) groups is 1. The van der Waals surface area contributed by atoms with Gasteiger partial charge in [0, 0.05) is 36.7 Å². The lowest BCUT2D eigenvalue weighted by atomic mass is 9.88. The summed E-state index contributed by atoms with van der Waals surface area (Å²) in [6, 6.07) is 0. The average Bonchev–Trinajstić information content (AvgIpc) is 2.73. The number of hydrogen-bond acceptors (Lipinski definition) is 4. The molecule has 0 radical (unpaired) electrons. The zero-order chi connectivity index (χ0) is 12.3. The first-order valence-corrected chi connectivity index (χ1v) is 7.81. The maximum absolute atomic E-state index is 6.10. The molecule has 0 aromatic carbocycles. The second-order valence-corrected chi connectivity index (χ2v) is 7.09. The minimum Gasteiger partial charge on any atom is -0.384 e. The average molecular weight is 258 g/mol. The molecule has 4 heteroatoms. The standard InChI is InChI=1S/C13H26N2OS/c1-11-6-13(9-14,10-17-11)15-5-3-4-12(7-15)8-16-2/h11-12H,3-10,14H2,1-2H3. The molecule has 2 aliphatic heterocycles. The molecule has 3 nitrogen and oxygen atoms in total. The second-order valence-electron chi connectivity index (χ2n) is 5.66. The van der Waals surface area contributed by atoms with Crippen LogP contribution in [0.3, 0.4) is 0 Å². The van der Waals surface area contributed by atoms with E-state index in [0.29, 0.717) is 5.92 Å². The summed E-state index contributed by atoms with van der Waals surface area (Å²) in [6.07, 6.45) is 3.87. The number of rotatable bonds is 4. The predicted octanol–water partition coefficient (Wildman–Crippen LogP) is 1.57. The van der Waals surface area contributed by atoms with E-state index in [-0.39, 0.29) is 5.54 Å². The zero-order valence-electron chi connectivity index (χ0n) is 11.2. The molecule has 0 aromatic heterocycles. The van der Waals surface area contributed by atoms with Gasteiger partial charge in [-0.1, -0.05) is 6.92 Å². The van der Waals surface area contributed by atoms with Gasteiger partial charge in [0.25, 0.3) is 0 Å². The summed E-state index contributed by atoms with van der Waals surface area (Å²) >= 11 is 2.08. The number of ether oxygens (including phenoxy) is 1. The molecule has 0 saturated carbocycles. The quantitative estimate of drug-likeness (QED) is 0.831. The summed E-state index contributed by atoms with van der Waals surface area (Å²) < 4.78 is 5.32. The van der Waals surface area contributed by atoms with Crippen LogP contribution >= 0.6 is 11.8 Å². The van der Waals surface area contributed by atoms with Gasteiger partial charge in [-0.2, -0.15) is 11.8 Å². The number of nitrogens with two attached hydrogens (primary N) is 1. The van der Waals surface area contributed by atoms with Crippen LogP contribution in [0.5, 0.6) is 0 Å². The highest BCUT2D eigenvalue weighted by molar-refractivity contribution is 8.00. The molecule has 17 heavy (non-hydrogen) atoms. The van der Waals surface area contributed by atoms with Crippen LogP contribution in [-0.2, 0) is 4.74 Å². The first-order chi connectivity index (χ1) is 8.20. The Labute approximate surface area is 109 Å². The van der Waals surface area contributed by atoms with Crippen molar-refractivity contribution < 1.29 is 4.74 Å². The summed E-state index contributed by atoms with van der Waals surface area (Å²) in [4.78, 5) is 2.66. The molecular weight excluding hydrogens is 232 g/mol. The number of nitrogens with zero attached hydrogens (tertiary/aromatic N) is 1. The van der Waals surface area contributed by atoms with E-state index in [1.165, 1.54) is 38.1 Å². The highest BCUT2D eigenvalue weighted by Crippen LogP contribution is 2.39. The van der Waals surface area contributed by atoms with Crippen LogP contribution in [-0.4, -0.2) is 54.8 Å². The lowest BCUT2D eigenvalue weighted by Gasteiger charge is -2.45. The first kappa shape index (κ1) is 13.7. The van der Waals surface area contributed by atoms with Gasteiger partial charge in [-0.05, 0) is 31.7 Å². The molecule has 0 aliphatic carbocycles. The number of hydrogen-bond donors (Lipinski definition) is 1. The Kier molecular flexibility index (Phi) is 4.75. The third-order valence-electron chi connectivity index (χ3n) is 4.28. The molecule has 3 atom stereocenters. The van der Waals surface area contributed by atoms with Gasteiger partial charge in [0.05, 0.1) is 6.61 Å². The van der Waals surface area contributed by atoms with E-state index in [4.69, 9.17) is 10.5 Å². The lowest BCUT2D eigenvalue weighted by Crippen LogP contribution is -2.57. The van der Waals surface area contributed by atoms with E-state index in [0.717, 1.165) is 18.4 Å². The van der Waals surface area contributed by atoms with Crippen molar-refractivity contribution >= 4 is 11.8 Å². The minimum atomic E-state index is 0.274. The molecule has 2 rings (SSSR count). The molecule has 0 aromatic rings. The van der Waals surface area contributed by atoms with Crippen molar-refractivity contribution in [1.29, 1.82) is 0 Å². The molecule has 0 amide bonds. The molecule has 2 aliphatic rings. The number of likely N-dealkylation sites (tertiary alicyclic amines) is 1. The van der Waals surface area contributed by atoms with Crippen LogP contribution in [0.15, 0.2) is 0 Å². The normalized spacial score (nSPS) is 39.7. The van der Waals surface area contributed by atoms with Gasteiger partial charge < -0.3 is 10.5 Å². The van der Waals surface area contributed by atoms with Crippen molar-refractivity contribution in [2.24, 2.45) is 11.7 Å². The van der Waals surface area contributed by atoms with Gasteiger partial charge in [0.1, 0.15) is 0 Å². The van der Waals surface area contributed by atoms with Crippen LogP contribution in [0.1, 0.15) is 26.2 Å². The van der Waals surface area contributed by atoms with Crippen LogP contribution in [0.2, 0.25) is 0 Å². The Bertz CT molecular complexity index is 250. The smallest absolute Gasteiger partial charge is 0.0502 e. The van der Waals surface area contributed by atoms with Crippen LogP contribution in [0, 0.1) is 5.92 Å². The van der Waals surface area contributed by atoms with Crippen molar-refractivity contribution in [2.75, 3.05) is 39.1 Å². The largest absolute Gasteiger partial charge is 0.384 e. The fourth-order valence-corrected chi connectivity index (χ4v) is 4.75. The van der Waals surface area contributed by atoms with Crippen LogP contribution in [0.25, 0.3) is 0 Å². The lowest BCUT2D eigenvalue weighted by molar-refractivity contribution is 0.0324. The maximum atomic E-state index is 6.10. The van der Waals surface area contributed by atoms with E-state index in [1.807, 2.05) is 7.11 Å². The molecule has 3 unspecified atom stereocenters. The third-order valence-corrected chi connectivity index (χ3v) is 5.72.